The van der Waals surface area contributed by atoms with Crippen molar-refractivity contribution >= 4 is 5.69 Å². The number of para-hydroxylation sites is 1. The van der Waals surface area contributed by atoms with Gasteiger partial charge < -0.3 is 24.2 Å². The normalized spacial score (nSPS) is 15.9. The number of nitrogens with zero attached hydrogens (tertiary/aromatic N) is 2. The number of benzene rings is 2. The van der Waals surface area contributed by atoms with Crippen molar-refractivity contribution in [3.8, 4) is 11.5 Å². The lowest BCUT2D eigenvalue weighted by atomic mass is 10.2. The first-order chi connectivity index (χ1) is 14.1. The summed E-state index contributed by atoms with van der Waals surface area (Å²) >= 11 is 0. The van der Waals surface area contributed by atoms with Crippen LogP contribution < -0.4 is 14.4 Å². The third-order valence-corrected chi connectivity index (χ3v) is 5.09. The molecular formula is C22H29FN2O4. The number of hydrogen-bond donors (Lipinski definition) is 1. The van der Waals surface area contributed by atoms with Crippen LogP contribution in [0.4, 0.5) is 10.1 Å². The molecule has 0 amide bonds. The van der Waals surface area contributed by atoms with Gasteiger partial charge in [0.1, 0.15) is 17.3 Å². The first kappa shape index (κ1) is 21.4. The minimum Gasteiger partial charge on any atom is -0.497 e. The number of aliphatic hydroxyl groups is 1. The van der Waals surface area contributed by atoms with Crippen molar-refractivity contribution in [3.63, 3.8) is 0 Å². The monoisotopic (exact) mass is 404 g/mol. The quantitative estimate of drug-likeness (QED) is 0.693. The van der Waals surface area contributed by atoms with Crippen LogP contribution in [0.25, 0.3) is 0 Å². The molecule has 0 radical (unpaired) electrons. The summed E-state index contributed by atoms with van der Waals surface area (Å²) in [6, 6.07) is 12.4. The number of aliphatic hydroxyl groups excluding tert-OH is 1. The molecule has 158 valence electrons. The van der Waals surface area contributed by atoms with E-state index in [-0.39, 0.29) is 12.4 Å². The average Bonchev–Trinajstić information content (AvgIpc) is 2.74. The lowest BCUT2D eigenvalue weighted by Crippen LogP contribution is -2.49. The summed E-state index contributed by atoms with van der Waals surface area (Å²) in [5.41, 5.74) is 1.51. The SMILES string of the molecule is COc1ccc(OC)c(COCC(O)CN2CCN(c3ccccc3F)CC2)c1. The van der Waals surface area contributed by atoms with E-state index in [9.17, 15) is 9.50 Å². The van der Waals surface area contributed by atoms with E-state index in [2.05, 4.69) is 4.90 Å². The molecule has 0 aromatic heterocycles. The molecule has 1 N–H and O–H groups in total. The maximum absolute atomic E-state index is 13.9. The molecule has 0 saturated carbocycles. The van der Waals surface area contributed by atoms with Gasteiger partial charge in [-0.05, 0) is 30.3 Å². The number of piperazine rings is 1. The number of rotatable bonds is 9. The predicted octanol–water partition coefficient (Wildman–Crippen LogP) is 2.54. The summed E-state index contributed by atoms with van der Waals surface area (Å²) in [6.07, 6.45) is -0.591. The van der Waals surface area contributed by atoms with E-state index in [0.29, 0.717) is 18.8 Å². The van der Waals surface area contributed by atoms with Gasteiger partial charge in [-0.3, -0.25) is 4.90 Å². The molecule has 1 fully saturated rings. The molecule has 0 bridgehead atoms. The molecule has 1 saturated heterocycles. The minimum atomic E-state index is -0.591. The van der Waals surface area contributed by atoms with E-state index in [4.69, 9.17) is 14.2 Å². The minimum absolute atomic E-state index is 0.192. The number of halogens is 1. The van der Waals surface area contributed by atoms with Gasteiger partial charge in [0.05, 0.1) is 39.2 Å². The van der Waals surface area contributed by atoms with Gasteiger partial charge in [0.2, 0.25) is 0 Å². The number of methoxy groups -OCH3 is 2. The summed E-state index contributed by atoms with van der Waals surface area (Å²) in [4.78, 5) is 4.22. The van der Waals surface area contributed by atoms with Gasteiger partial charge >= 0.3 is 0 Å². The first-order valence-electron chi connectivity index (χ1n) is 9.79. The standard InChI is InChI=1S/C22H29FN2O4/c1-27-19-7-8-22(28-2)17(13-19)15-29-16-18(26)14-24-9-11-25(12-10-24)21-6-4-3-5-20(21)23/h3-8,13,18,26H,9-12,14-16H2,1-2H3. The summed E-state index contributed by atoms with van der Waals surface area (Å²) in [6.45, 7) is 4.10. The predicted molar refractivity (Wildman–Crippen MR) is 110 cm³/mol. The van der Waals surface area contributed by atoms with Crippen molar-refractivity contribution in [1.82, 2.24) is 4.90 Å². The van der Waals surface area contributed by atoms with Crippen LogP contribution in [0.15, 0.2) is 42.5 Å². The molecule has 2 aromatic carbocycles. The third-order valence-electron chi connectivity index (χ3n) is 5.09. The zero-order chi connectivity index (χ0) is 20.6. The van der Waals surface area contributed by atoms with Crippen LogP contribution in [0.3, 0.4) is 0 Å². The Labute approximate surface area is 171 Å². The van der Waals surface area contributed by atoms with Crippen molar-refractivity contribution in [1.29, 1.82) is 0 Å². The zero-order valence-corrected chi connectivity index (χ0v) is 17.0. The van der Waals surface area contributed by atoms with E-state index in [1.54, 1.807) is 26.4 Å². The van der Waals surface area contributed by atoms with Gasteiger partial charge in [-0.2, -0.15) is 0 Å². The lowest BCUT2D eigenvalue weighted by Gasteiger charge is -2.37. The fourth-order valence-electron chi connectivity index (χ4n) is 3.53. The van der Waals surface area contributed by atoms with E-state index < -0.39 is 6.10 Å². The highest BCUT2D eigenvalue weighted by Crippen LogP contribution is 2.24. The van der Waals surface area contributed by atoms with Gasteiger partial charge in [-0.25, -0.2) is 4.39 Å². The van der Waals surface area contributed by atoms with E-state index >= 15 is 0 Å². The van der Waals surface area contributed by atoms with Crippen molar-refractivity contribution < 1.29 is 23.7 Å². The second kappa shape index (κ2) is 10.4. The molecule has 3 rings (SSSR count). The molecule has 29 heavy (non-hydrogen) atoms. The zero-order valence-electron chi connectivity index (χ0n) is 17.0. The molecule has 0 spiro atoms. The van der Waals surface area contributed by atoms with Gasteiger partial charge in [-0.15, -0.1) is 0 Å². The van der Waals surface area contributed by atoms with Crippen molar-refractivity contribution in [2.24, 2.45) is 0 Å². The van der Waals surface area contributed by atoms with Gasteiger partial charge in [0.15, 0.2) is 0 Å². The van der Waals surface area contributed by atoms with Gasteiger partial charge in [-0.1, -0.05) is 12.1 Å². The molecule has 1 aliphatic heterocycles. The van der Waals surface area contributed by atoms with Crippen LogP contribution in [0, 0.1) is 5.82 Å². The molecule has 1 aliphatic rings. The molecule has 2 aromatic rings. The summed E-state index contributed by atoms with van der Waals surface area (Å²) < 4.78 is 30.2. The number of ether oxygens (including phenoxy) is 3. The summed E-state index contributed by atoms with van der Waals surface area (Å²) in [7, 11) is 3.23. The summed E-state index contributed by atoms with van der Waals surface area (Å²) in [5, 5.41) is 10.3. The Morgan fingerprint density at radius 3 is 2.48 bits per heavy atom. The van der Waals surface area contributed by atoms with Crippen molar-refractivity contribution in [2.75, 3.05) is 58.5 Å². The Balaban J connectivity index is 1.42. The van der Waals surface area contributed by atoms with E-state index in [1.807, 2.05) is 29.2 Å². The Kier molecular flexibility index (Phi) is 7.69. The van der Waals surface area contributed by atoms with Crippen LogP contribution in [-0.4, -0.2) is 69.7 Å². The van der Waals surface area contributed by atoms with Crippen molar-refractivity contribution in [3.05, 3.63) is 53.8 Å². The fraction of sp³-hybridized carbons (Fsp3) is 0.455. The molecule has 1 atom stereocenters. The average molecular weight is 404 g/mol. The number of β-amino-alcohol motifs (C(OH)–C–C–N with tert-alkyl or cyclic N) is 1. The fourth-order valence-corrected chi connectivity index (χ4v) is 3.53. The second-order valence-electron chi connectivity index (χ2n) is 7.09. The van der Waals surface area contributed by atoms with Crippen LogP contribution in [0.5, 0.6) is 11.5 Å². The Morgan fingerprint density at radius 1 is 1.03 bits per heavy atom. The maximum atomic E-state index is 13.9. The molecular weight excluding hydrogens is 375 g/mol. The van der Waals surface area contributed by atoms with E-state index in [0.717, 1.165) is 43.2 Å². The molecule has 6 nitrogen and oxygen atoms in total. The highest BCUT2D eigenvalue weighted by atomic mass is 19.1. The van der Waals surface area contributed by atoms with Crippen LogP contribution in [0.1, 0.15) is 5.56 Å². The molecule has 1 heterocycles. The summed E-state index contributed by atoms with van der Waals surface area (Å²) in [5.74, 6) is 1.27. The van der Waals surface area contributed by atoms with E-state index in [1.165, 1.54) is 6.07 Å². The molecule has 0 aliphatic carbocycles. The number of anilines is 1. The Hall–Kier alpha value is -2.35. The molecule has 1 unspecified atom stereocenters. The maximum Gasteiger partial charge on any atom is 0.146 e. The van der Waals surface area contributed by atoms with Crippen molar-refractivity contribution in [2.45, 2.75) is 12.7 Å². The third kappa shape index (κ3) is 5.82. The smallest absolute Gasteiger partial charge is 0.146 e. The number of hydrogen-bond acceptors (Lipinski definition) is 6. The van der Waals surface area contributed by atoms with Gasteiger partial charge in [0.25, 0.3) is 0 Å². The van der Waals surface area contributed by atoms with Crippen LogP contribution in [-0.2, 0) is 11.3 Å². The molecule has 7 heteroatoms. The Morgan fingerprint density at radius 2 is 1.79 bits per heavy atom. The second-order valence-corrected chi connectivity index (χ2v) is 7.09. The Bertz CT molecular complexity index is 781. The topological polar surface area (TPSA) is 54.4 Å². The largest absolute Gasteiger partial charge is 0.497 e. The first-order valence-corrected chi connectivity index (χ1v) is 9.79. The van der Waals surface area contributed by atoms with Crippen LogP contribution in [0.2, 0.25) is 0 Å². The highest BCUT2D eigenvalue weighted by Gasteiger charge is 2.21. The highest BCUT2D eigenvalue weighted by molar-refractivity contribution is 5.48. The van der Waals surface area contributed by atoms with Gasteiger partial charge in [0, 0.05) is 38.3 Å². The lowest BCUT2D eigenvalue weighted by molar-refractivity contribution is 0.00860. The van der Waals surface area contributed by atoms with Crippen LogP contribution >= 0.6 is 0 Å².